The van der Waals surface area contributed by atoms with Crippen LogP contribution in [0.4, 0.5) is 5.69 Å². The van der Waals surface area contributed by atoms with Crippen molar-refractivity contribution < 1.29 is 24.1 Å². The molecule has 0 bridgehead atoms. The van der Waals surface area contributed by atoms with Crippen molar-refractivity contribution in [2.24, 2.45) is 0 Å². The van der Waals surface area contributed by atoms with Crippen molar-refractivity contribution in [3.8, 4) is 0 Å². The van der Waals surface area contributed by atoms with E-state index in [4.69, 9.17) is 0 Å². The van der Waals surface area contributed by atoms with Crippen LogP contribution in [0, 0.1) is 0 Å². The van der Waals surface area contributed by atoms with E-state index in [2.05, 4.69) is 88.6 Å². The van der Waals surface area contributed by atoms with Gasteiger partial charge in [0.15, 0.2) is 6.20 Å². The quantitative estimate of drug-likeness (QED) is 0.0362. The second-order valence-corrected chi connectivity index (χ2v) is 19.1. The standard InChI is InChI=1S/C45H66N3O4P.CH4.BrH/c1-4-5-6-7-8-9-10-11-12-13-14-15-16-24-44(50)41(36-49)46-45(51)35-48-30-19-21-39-34-37(26-28-42(39)48)25-27-38-29-32-47(31-20-33-53(2,3)52)43-23-18-17-22-40(38)43;;/h16-18,22-29,32,34,41,44,49-50H,4-15,19-21,30-31,33,35-36H2,1-3H3;1H4;1H/p+1/b24-16+;;. The Labute approximate surface area is 343 Å². The average Bonchev–Trinajstić information content (AvgIpc) is 3.14. The number of halogens is 1. The van der Waals surface area contributed by atoms with Crippen LogP contribution in [-0.2, 0) is 22.3 Å². The van der Waals surface area contributed by atoms with Gasteiger partial charge >= 0.3 is 0 Å². The Hall–Kier alpha value is -2.77. The molecule has 0 fully saturated rings. The summed E-state index contributed by atoms with van der Waals surface area (Å²) < 4.78 is 14.5. The zero-order valence-corrected chi connectivity index (χ0v) is 35.9. The van der Waals surface area contributed by atoms with E-state index in [0.29, 0.717) is 0 Å². The second kappa shape index (κ2) is 26.2. The number of para-hydroxylation sites is 1. The number of aromatic nitrogens is 1. The molecule has 1 aliphatic heterocycles. The number of anilines is 1. The molecule has 2 atom stereocenters. The molecule has 0 spiro atoms. The highest BCUT2D eigenvalue weighted by molar-refractivity contribution is 8.93. The number of aliphatic hydroxyl groups excluding tert-OH is 2. The number of fused-ring (bicyclic) bond motifs is 2. The summed E-state index contributed by atoms with van der Waals surface area (Å²) in [6, 6.07) is 16.3. The first-order valence-corrected chi connectivity index (χ1v) is 23.2. The maximum absolute atomic E-state index is 13.1. The van der Waals surface area contributed by atoms with E-state index in [0.717, 1.165) is 68.2 Å². The SMILES string of the molecule is Br.C.CCCCCCCCCCCCC/C=C/C(O)C(CO)NC(=O)CN1CCCc2cc(C=Cc3cc[n+](CCCP(C)(C)=O)c4ccccc34)ccc21. The summed E-state index contributed by atoms with van der Waals surface area (Å²) in [5, 5.41) is 24.7. The number of aliphatic hydroxyl groups is 2. The first-order valence-electron chi connectivity index (χ1n) is 20.4. The van der Waals surface area contributed by atoms with Gasteiger partial charge in [0.2, 0.25) is 11.4 Å². The lowest BCUT2D eigenvalue weighted by molar-refractivity contribution is -0.671. The predicted octanol–water partition coefficient (Wildman–Crippen LogP) is 10.4. The Kier molecular flexibility index (Phi) is 23.1. The molecule has 3 N–H and O–H groups in total. The monoisotopic (exact) mass is 840 g/mol. The zero-order valence-electron chi connectivity index (χ0n) is 33.3. The number of hydrogen-bond acceptors (Lipinski definition) is 5. The largest absolute Gasteiger partial charge is 0.394 e. The lowest BCUT2D eigenvalue weighted by Gasteiger charge is -2.31. The first-order chi connectivity index (χ1) is 25.7. The number of carbonyl (C=O) groups excluding carboxylic acids is 1. The summed E-state index contributed by atoms with van der Waals surface area (Å²) in [6.07, 6.45) is 28.0. The van der Waals surface area contributed by atoms with Crippen LogP contribution in [-0.4, -0.2) is 67.5 Å². The lowest BCUT2D eigenvalue weighted by Crippen LogP contribution is -2.49. The number of nitrogens with one attached hydrogen (secondary N) is 1. The van der Waals surface area contributed by atoms with E-state index in [9.17, 15) is 19.6 Å². The smallest absolute Gasteiger partial charge is 0.239 e. The van der Waals surface area contributed by atoms with Crippen LogP contribution in [0.15, 0.2) is 66.9 Å². The molecule has 306 valence electrons. The van der Waals surface area contributed by atoms with E-state index in [-0.39, 0.29) is 43.5 Å². The summed E-state index contributed by atoms with van der Waals surface area (Å²) >= 11 is 0. The molecule has 3 aromatic rings. The van der Waals surface area contributed by atoms with Crippen LogP contribution in [0.25, 0.3) is 23.1 Å². The van der Waals surface area contributed by atoms with Gasteiger partial charge in [-0.1, -0.05) is 121 Å². The third kappa shape index (κ3) is 17.1. The van der Waals surface area contributed by atoms with Gasteiger partial charge in [0.1, 0.15) is 6.54 Å². The fraction of sp³-hybridized carbons (Fsp3) is 0.565. The Bertz CT molecular complexity index is 1670. The fourth-order valence-corrected chi connectivity index (χ4v) is 8.28. The van der Waals surface area contributed by atoms with Crippen molar-refractivity contribution >= 4 is 58.8 Å². The molecule has 0 saturated carbocycles. The lowest BCUT2D eigenvalue weighted by atomic mass is 9.98. The van der Waals surface area contributed by atoms with Crippen molar-refractivity contribution in [2.45, 2.75) is 129 Å². The number of unbranched alkanes of at least 4 members (excludes halogenated alkanes) is 11. The number of allylic oxidation sites excluding steroid dienone is 1. The minimum absolute atomic E-state index is 0. The Morgan fingerprint density at radius 1 is 0.945 bits per heavy atom. The molecule has 2 unspecified atom stereocenters. The van der Waals surface area contributed by atoms with Gasteiger partial charge in [-0.15, -0.1) is 17.0 Å². The number of carbonyl (C=O) groups is 1. The van der Waals surface area contributed by atoms with Crippen LogP contribution in [0.1, 0.15) is 121 Å². The third-order valence-corrected chi connectivity index (χ3v) is 11.8. The van der Waals surface area contributed by atoms with E-state index in [1.165, 1.54) is 80.7 Å². The molecule has 1 aromatic heterocycles. The number of pyridine rings is 1. The Morgan fingerprint density at radius 2 is 1.64 bits per heavy atom. The normalized spacial score (nSPS) is 14.1. The molecule has 2 heterocycles. The van der Waals surface area contributed by atoms with Crippen LogP contribution in [0.5, 0.6) is 0 Å². The maximum Gasteiger partial charge on any atom is 0.239 e. The summed E-state index contributed by atoms with van der Waals surface area (Å²) in [4.78, 5) is 15.2. The molecule has 55 heavy (non-hydrogen) atoms. The van der Waals surface area contributed by atoms with E-state index < -0.39 is 19.3 Å². The molecule has 0 aliphatic carbocycles. The maximum atomic E-state index is 13.1. The number of hydrogen-bond donors (Lipinski definition) is 3. The Morgan fingerprint density at radius 3 is 2.33 bits per heavy atom. The van der Waals surface area contributed by atoms with Gasteiger partial charge in [-0.3, -0.25) is 4.79 Å². The number of aryl methyl sites for hydroxylation is 2. The fourth-order valence-electron chi connectivity index (χ4n) is 7.38. The van der Waals surface area contributed by atoms with Crippen LogP contribution < -0.4 is 14.8 Å². The van der Waals surface area contributed by atoms with Crippen molar-refractivity contribution in [1.82, 2.24) is 5.32 Å². The van der Waals surface area contributed by atoms with Gasteiger partial charge in [-0.05, 0) is 73.9 Å². The van der Waals surface area contributed by atoms with Crippen LogP contribution in [0.3, 0.4) is 0 Å². The molecule has 1 amide bonds. The summed E-state index contributed by atoms with van der Waals surface area (Å²) in [7, 11) is -2.03. The van der Waals surface area contributed by atoms with Gasteiger partial charge in [-0.2, -0.15) is 4.57 Å². The predicted molar refractivity (Wildman–Crippen MR) is 241 cm³/mol. The molecule has 0 saturated heterocycles. The molecule has 4 rings (SSSR count). The van der Waals surface area contributed by atoms with Crippen molar-refractivity contribution in [1.29, 1.82) is 0 Å². The minimum atomic E-state index is -2.03. The number of nitrogens with zero attached hydrogens (tertiary/aromatic N) is 2. The molecular formula is C46H72BrN3O4P+. The van der Waals surface area contributed by atoms with E-state index >= 15 is 0 Å². The number of rotatable bonds is 24. The van der Waals surface area contributed by atoms with Gasteiger partial charge in [0.25, 0.3) is 0 Å². The number of amides is 1. The molecule has 0 radical (unpaired) electrons. The van der Waals surface area contributed by atoms with Crippen molar-refractivity contribution in [2.75, 3.05) is 44.1 Å². The van der Waals surface area contributed by atoms with Gasteiger partial charge in [-0.25, -0.2) is 0 Å². The minimum Gasteiger partial charge on any atom is -0.394 e. The highest BCUT2D eigenvalue weighted by Gasteiger charge is 2.23. The van der Waals surface area contributed by atoms with E-state index in [1.54, 1.807) is 6.08 Å². The molecule has 1 aliphatic rings. The Balaban J connectivity index is 0.00000523. The average molecular weight is 842 g/mol. The third-order valence-electron chi connectivity index (χ3n) is 10.4. The molecule has 7 nitrogen and oxygen atoms in total. The van der Waals surface area contributed by atoms with E-state index in [1.807, 2.05) is 19.4 Å². The highest BCUT2D eigenvalue weighted by atomic mass is 79.9. The first kappa shape index (κ1) is 48.4. The van der Waals surface area contributed by atoms with Crippen LogP contribution in [0.2, 0.25) is 0 Å². The zero-order chi connectivity index (χ0) is 37.9. The van der Waals surface area contributed by atoms with Crippen LogP contribution >= 0.6 is 24.1 Å². The van der Waals surface area contributed by atoms with Crippen molar-refractivity contribution in [3.05, 3.63) is 83.6 Å². The highest BCUT2D eigenvalue weighted by Crippen LogP contribution is 2.36. The van der Waals surface area contributed by atoms with Gasteiger partial charge in [0, 0.05) is 36.9 Å². The second-order valence-electron chi connectivity index (χ2n) is 15.5. The summed E-state index contributed by atoms with van der Waals surface area (Å²) in [5.74, 6) is -0.203. The number of benzene rings is 2. The molecule has 9 heteroatoms. The molecular weight excluding hydrogens is 769 g/mol. The summed E-state index contributed by atoms with van der Waals surface area (Å²) in [5.41, 5.74) is 5.71. The summed E-state index contributed by atoms with van der Waals surface area (Å²) in [6.45, 7) is 7.46. The van der Waals surface area contributed by atoms with Crippen molar-refractivity contribution in [3.63, 3.8) is 0 Å². The molecule has 2 aromatic carbocycles. The van der Waals surface area contributed by atoms with Gasteiger partial charge < -0.3 is 25.0 Å². The van der Waals surface area contributed by atoms with Gasteiger partial charge in [0.05, 0.1) is 37.8 Å². The topological polar surface area (TPSA) is 93.8 Å².